The number of nitrogens with zero attached hydrogens (tertiary/aromatic N) is 1. The summed E-state index contributed by atoms with van der Waals surface area (Å²) in [5, 5.41) is 2.84. The third-order valence-electron chi connectivity index (χ3n) is 3.67. The van der Waals surface area contributed by atoms with Crippen molar-refractivity contribution in [3.8, 4) is 0 Å². The summed E-state index contributed by atoms with van der Waals surface area (Å²) >= 11 is 0. The maximum atomic E-state index is 12.5. The van der Waals surface area contributed by atoms with Crippen LogP contribution in [0.15, 0.2) is 29.1 Å². The second-order valence-corrected chi connectivity index (χ2v) is 5.25. The number of aromatic amines is 1. The third kappa shape index (κ3) is 2.98. The molecule has 116 valence electrons. The first-order chi connectivity index (χ1) is 10.4. The van der Waals surface area contributed by atoms with Gasteiger partial charge in [-0.05, 0) is 49.9 Å². The average molecular weight is 309 g/mol. The molecule has 1 aromatic heterocycles. The van der Waals surface area contributed by atoms with Crippen LogP contribution in [0.2, 0.25) is 0 Å². The highest BCUT2D eigenvalue weighted by Crippen LogP contribution is 2.30. The molecule has 0 bridgehead atoms. The van der Waals surface area contributed by atoms with E-state index in [0.29, 0.717) is 11.3 Å². The fourth-order valence-electron chi connectivity index (χ4n) is 2.54. The van der Waals surface area contributed by atoms with E-state index in [2.05, 4.69) is 15.3 Å². The molecule has 0 fully saturated rings. The minimum Gasteiger partial charge on any atom is -0.326 e. The minimum absolute atomic E-state index is 0.181. The van der Waals surface area contributed by atoms with Crippen LogP contribution in [0.5, 0.6) is 0 Å². The molecule has 0 amide bonds. The fraction of sp³-hybridized carbons (Fsp3) is 0.333. The molecule has 7 heteroatoms. The molecule has 0 saturated heterocycles. The molecule has 1 aromatic carbocycles. The first-order valence-corrected chi connectivity index (χ1v) is 7.00. The zero-order valence-electron chi connectivity index (χ0n) is 11.6. The Hall–Kier alpha value is -2.31. The van der Waals surface area contributed by atoms with Crippen molar-refractivity contribution in [2.45, 2.75) is 31.9 Å². The molecular formula is C15H14F3N3O. The van der Waals surface area contributed by atoms with Crippen LogP contribution in [0.1, 0.15) is 29.7 Å². The summed E-state index contributed by atoms with van der Waals surface area (Å²) in [7, 11) is 0. The Bertz CT molecular complexity index is 735. The highest BCUT2D eigenvalue weighted by atomic mass is 19.4. The number of aromatic nitrogens is 2. The van der Waals surface area contributed by atoms with Crippen LogP contribution in [0.25, 0.3) is 0 Å². The number of alkyl halides is 3. The summed E-state index contributed by atoms with van der Waals surface area (Å²) in [6, 6.07) is 4.59. The van der Waals surface area contributed by atoms with E-state index >= 15 is 0 Å². The Morgan fingerprint density at radius 1 is 1.09 bits per heavy atom. The lowest BCUT2D eigenvalue weighted by Gasteiger charge is -2.15. The first kappa shape index (κ1) is 14.6. The van der Waals surface area contributed by atoms with Crippen molar-refractivity contribution in [2.75, 3.05) is 5.32 Å². The van der Waals surface area contributed by atoms with E-state index in [4.69, 9.17) is 0 Å². The average Bonchev–Trinajstić information content (AvgIpc) is 2.47. The number of aryl methyl sites for hydroxylation is 1. The molecular weight excluding hydrogens is 295 g/mol. The molecule has 1 aliphatic carbocycles. The standard InChI is InChI=1S/C15H14F3N3O/c16-15(17,18)9-5-7-10(8-6-9)19-14-20-12-4-2-1-3-11(12)13(22)21-14/h5-8H,1-4H2,(H2,19,20,21,22). The van der Waals surface area contributed by atoms with E-state index in [0.717, 1.165) is 43.5 Å². The molecule has 22 heavy (non-hydrogen) atoms. The van der Waals surface area contributed by atoms with Crippen LogP contribution in [0.3, 0.4) is 0 Å². The molecule has 0 atom stereocenters. The van der Waals surface area contributed by atoms with Gasteiger partial charge in [0, 0.05) is 11.3 Å². The second-order valence-electron chi connectivity index (χ2n) is 5.25. The summed E-state index contributed by atoms with van der Waals surface area (Å²) in [6.45, 7) is 0. The van der Waals surface area contributed by atoms with E-state index in [1.54, 1.807) is 0 Å². The molecule has 0 unspecified atom stereocenters. The van der Waals surface area contributed by atoms with Gasteiger partial charge in [0.1, 0.15) is 0 Å². The molecule has 2 aromatic rings. The Morgan fingerprint density at radius 3 is 2.45 bits per heavy atom. The maximum Gasteiger partial charge on any atom is 0.416 e. The minimum atomic E-state index is -4.36. The molecule has 3 rings (SSSR count). The number of benzene rings is 1. The van der Waals surface area contributed by atoms with Crippen LogP contribution in [-0.2, 0) is 19.0 Å². The van der Waals surface area contributed by atoms with E-state index in [-0.39, 0.29) is 11.5 Å². The number of hydrogen-bond donors (Lipinski definition) is 2. The van der Waals surface area contributed by atoms with Crippen molar-refractivity contribution < 1.29 is 13.2 Å². The van der Waals surface area contributed by atoms with E-state index in [1.807, 2.05) is 0 Å². The molecule has 4 nitrogen and oxygen atoms in total. The molecule has 1 heterocycles. The summed E-state index contributed by atoms with van der Waals surface area (Å²) < 4.78 is 37.5. The summed E-state index contributed by atoms with van der Waals surface area (Å²) in [4.78, 5) is 19.0. The lowest BCUT2D eigenvalue weighted by molar-refractivity contribution is -0.137. The van der Waals surface area contributed by atoms with Gasteiger partial charge in [-0.25, -0.2) is 4.98 Å². The number of nitrogens with one attached hydrogen (secondary N) is 2. The number of anilines is 2. The number of hydrogen-bond acceptors (Lipinski definition) is 3. The van der Waals surface area contributed by atoms with Crippen molar-refractivity contribution in [1.82, 2.24) is 9.97 Å². The van der Waals surface area contributed by atoms with E-state index in [1.165, 1.54) is 12.1 Å². The molecule has 0 radical (unpaired) electrons. The number of H-pyrrole nitrogens is 1. The fourth-order valence-corrected chi connectivity index (χ4v) is 2.54. The largest absolute Gasteiger partial charge is 0.416 e. The molecule has 0 spiro atoms. The first-order valence-electron chi connectivity index (χ1n) is 7.00. The van der Waals surface area contributed by atoms with Crippen molar-refractivity contribution >= 4 is 11.6 Å². The number of halogens is 3. The Balaban J connectivity index is 1.84. The van der Waals surface area contributed by atoms with E-state index in [9.17, 15) is 18.0 Å². The Morgan fingerprint density at radius 2 is 1.77 bits per heavy atom. The summed E-state index contributed by atoms with van der Waals surface area (Å²) in [5.74, 6) is 0.255. The number of rotatable bonds is 2. The molecule has 0 aliphatic heterocycles. The SMILES string of the molecule is O=c1[nH]c(Nc2ccc(C(F)(F)F)cc2)nc2c1CCCC2. The smallest absolute Gasteiger partial charge is 0.326 e. The summed E-state index contributed by atoms with van der Waals surface area (Å²) in [6.07, 6.45) is -0.928. The Kier molecular flexibility index (Phi) is 3.64. The number of fused-ring (bicyclic) bond motifs is 1. The van der Waals surface area contributed by atoms with Crippen molar-refractivity contribution in [3.63, 3.8) is 0 Å². The zero-order valence-corrected chi connectivity index (χ0v) is 11.6. The van der Waals surface area contributed by atoms with Crippen LogP contribution in [0, 0.1) is 0 Å². The Labute approximate surface area is 124 Å². The van der Waals surface area contributed by atoms with Gasteiger partial charge < -0.3 is 5.32 Å². The summed E-state index contributed by atoms with van der Waals surface area (Å²) in [5.41, 5.74) is 1.02. The van der Waals surface area contributed by atoms with Gasteiger partial charge in [0.25, 0.3) is 5.56 Å². The molecule has 1 aliphatic rings. The van der Waals surface area contributed by atoms with Crippen molar-refractivity contribution in [2.24, 2.45) is 0 Å². The van der Waals surface area contributed by atoms with Crippen molar-refractivity contribution in [1.29, 1.82) is 0 Å². The lowest BCUT2D eigenvalue weighted by atomic mass is 9.97. The second kappa shape index (κ2) is 5.47. The third-order valence-corrected chi connectivity index (χ3v) is 3.67. The van der Waals surface area contributed by atoms with Crippen LogP contribution in [-0.4, -0.2) is 9.97 Å². The van der Waals surface area contributed by atoms with Gasteiger partial charge in [0.2, 0.25) is 5.95 Å². The quantitative estimate of drug-likeness (QED) is 0.894. The van der Waals surface area contributed by atoms with Gasteiger partial charge in [-0.3, -0.25) is 9.78 Å². The monoisotopic (exact) mass is 309 g/mol. The van der Waals surface area contributed by atoms with Gasteiger partial charge >= 0.3 is 6.18 Å². The van der Waals surface area contributed by atoms with Crippen molar-refractivity contribution in [3.05, 3.63) is 51.4 Å². The van der Waals surface area contributed by atoms with Gasteiger partial charge in [-0.1, -0.05) is 0 Å². The van der Waals surface area contributed by atoms with Crippen LogP contribution < -0.4 is 10.9 Å². The van der Waals surface area contributed by atoms with Gasteiger partial charge in [-0.2, -0.15) is 13.2 Å². The predicted molar refractivity (Wildman–Crippen MR) is 76.2 cm³/mol. The molecule has 0 saturated carbocycles. The zero-order chi connectivity index (χ0) is 15.7. The predicted octanol–water partition coefficient (Wildman–Crippen LogP) is 3.41. The highest BCUT2D eigenvalue weighted by Gasteiger charge is 2.29. The normalized spacial score (nSPS) is 14.5. The van der Waals surface area contributed by atoms with Gasteiger partial charge in [-0.15, -0.1) is 0 Å². The van der Waals surface area contributed by atoms with Crippen LogP contribution in [0.4, 0.5) is 24.8 Å². The molecule has 2 N–H and O–H groups in total. The van der Waals surface area contributed by atoms with Crippen LogP contribution >= 0.6 is 0 Å². The lowest BCUT2D eigenvalue weighted by Crippen LogP contribution is -2.22. The topological polar surface area (TPSA) is 57.8 Å². The van der Waals surface area contributed by atoms with E-state index < -0.39 is 11.7 Å². The van der Waals surface area contributed by atoms with Gasteiger partial charge in [0.15, 0.2) is 0 Å². The van der Waals surface area contributed by atoms with Gasteiger partial charge in [0.05, 0.1) is 11.3 Å². The highest BCUT2D eigenvalue weighted by molar-refractivity contribution is 5.54. The maximum absolute atomic E-state index is 12.5.